The van der Waals surface area contributed by atoms with E-state index in [0.29, 0.717) is 10.9 Å². The number of nitrogens with one attached hydrogen (secondary N) is 2. The first-order valence-corrected chi connectivity index (χ1v) is 8.78. The van der Waals surface area contributed by atoms with Gasteiger partial charge in [-0.15, -0.1) is 0 Å². The summed E-state index contributed by atoms with van der Waals surface area (Å²) in [7, 11) is 0. The van der Waals surface area contributed by atoms with Crippen molar-refractivity contribution in [2.75, 3.05) is 5.32 Å². The van der Waals surface area contributed by atoms with Gasteiger partial charge >= 0.3 is 6.18 Å². The quantitative estimate of drug-likeness (QED) is 0.826. The molecule has 1 heterocycles. The smallest absolute Gasteiger partial charge is 0.325 e. The van der Waals surface area contributed by atoms with Crippen molar-refractivity contribution in [1.29, 1.82) is 0 Å². The van der Waals surface area contributed by atoms with Crippen molar-refractivity contribution in [1.82, 2.24) is 5.32 Å². The van der Waals surface area contributed by atoms with Gasteiger partial charge in [0.25, 0.3) is 0 Å². The summed E-state index contributed by atoms with van der Waals surface area (Å²) in [5.74, 6) is -1.09. The van der Waals surface area contributed by atoms with Gasteiger partial charge in [-0.25, -0.2) is 4.99 Å². The predicted octanol–water partition coefficient (Wildman–Crippen LogP) is 3.95. The van der Waals surface area contributed by atoms with E-state index in [1.807, 2.05) is 6.07 Å². The van der Waals surface area contributed by atoms with Gasteiger partial charge in [0.05, 0.1) is 16.9 Å². The summed E-state index contributed by atoms with van der Waals surface area (Å²) in [6.07, 6.45) is -4.85. The molecule has 5 nitrogen and oxygen atoms in total. The number of alkyl halides is 3. The number of rotatable bonds is 4. The van der Waals surface area contributed by atoms with Crippen LogP contribution >= 0.6 is 11.8 Å². The third-order valence-electron chi connectivity index (χ3n) is 3.64. The topological polar surface area (TPSA) is 70.6 Å². The molecule has 0 unspecified atom stereocenters. The summed E-state index contributed by atoms with van der Waals surface area (Å²) in [6, 6.07) is 13.6. The number of hydrogen-bond acceptors (Lipinski definition) is 4. The summed E-state index contributed by atoms with van der Waals surface area (Å²) in [4.78, 5) is 28.4. The highest BCUT2D eigenvalue weighted by Gasteiger charge is 2.35. The van der Waals surface area contributed by atoms with Gasteiger partial charge in [0.1, 0.15) is 5.25 Å². The molecule has 0 saturated carbocycles. The second-order valence-electron chi connectivity index (χ2n) is 5.64. The Balaban J connectivity index is 1.65. The Morgan fingerprint density at radius 3 is 2.48 bits per heavy atom. The Bertz CT molecular complexity index is 885. The Hall–Kier alpha value is -2.81. The fourth-order valence-electron chi connectivity index (χ4n) is 2.42. The molecule has 2 N–H and O–H groups in total. The fourth-order valence-corrected chi connectivity index (χ4v) is 3.41. The van der Waals surface area contributed by atoms with Gasteiger partial charge in [-0.05, 0) is 24.3 Å². The van der Waals surface area contributed by atoms with Crippen LogP contribution in [0, 0.1) is 0 Å². The Morgan fingerprint density at radius 1 is 1.11 bits per heavy atom. The zero-order valence-corrected chi connectivity index (χ0v) is 14.6. The van der Waals surface area contributed by atoms with Crippen LogP contribution < -0.4 is 10.6 Å². The molecule has 0 aliphatic carbocycles. The lowest BCUT2D eigenvalue weighted by molar-refractivity contribution is -0.137. The molecular formula is C18H14F3N3O2S. The van der Waals surface area contributed by atoms with Gasteiger partial charge in [-0.1, -0.05) is 42.1 Å². The molecule has 3 rings (SSSR count). The van der Waals surface area contributed by atoms with Crippen molar-refractivity contribution in [3.05, 3.63) is 60.2 Å². The largest absolute Gasteiger partial charge is 0.418 e. The summed E-state index contributed by atoms with van der Waals surface area (Å²) in [5.41, 5.74) is -0.630. The minimum atomic E-state index is -4.58. The number of amidine groups is 1. The molecule has 1 fully saturated rings. The molecule has 0 spiro atoms. The third kappa shape index (κ3) is 4.88. The van der Waals surface area contributed by atoms with Crippen LogP contribution in [0.3, 0.4) is 0 Å². The number of amides is 2. The first kappa shape index (κ1) is 19.0. The van der Waals surface area contributed by atoms with E-state index in [2.05, 4.69) is 15.6 Å². The average molecular weight is 393 g/mol. The van der Waals surface area contributed by atoms with Crippen LogP contribution in [0.4, 0.5) is 24.5 Å². The number of thioether (sulfide) groups is 1. The van der Waals surface area contributed by atoms with Crippen molar-refractivity contribution >= 4 is 40.1 Å². The van der Waals surface area contributed by atoms with Crippen LogP contribution in [-0.4, -0.2) is 22.2 Å². The first-order valence-electron chi connectivity index (χ1n) is 7.90. The van der Waals surface area contributed by atoms with Crippen LogP contribution in [0.2, 0.25) is 0 Å². The third-order valence-corrected chi connectivity index (χ3v) is 4.72. The Kier molecular flexibility index (Phi) is 5.50. The molecule has 1 saturated heterocycles. The SMILES string of the molecule is O=C(C[C@@H]1SC(=Nc2ccccc2)NC1=O)Nc1ccccc1C(F)(F)F. The van der Waals surface area contributed by atoms with E-state index >= 15 is 0 Å². The number of anilines is 1. The van der Waals surface area contributed by atoms with E-state index in [1.165, 1.54) is 18.2 Å². The van der Waals surface area contributed by atoms with Gasteiger partial charge in [0, 0.05) is 6.42 Å². The van der Waals surface area contributed by atoms with Crippen LogP contribution in [-0.2, 0) is 15.8 Å². The van der Waals surface area contributed by atoms with Gasteiger partial charge in [-0.3, -0.25) is 9.59 Å². The van der Waals surface area contributed by atoms with E-state index < -0.39 is 28.8 Å². The van der Waals surface area contributed by atoms with Crippen molar-refractivity contribution in [2.45, 2.75) is 17.8 Å². The van der Waals surface area contributed by atoms with Crippen molar-refractivity contribution in [2.24, 2.45) is 4.99 Å². The van der Waals surface area contributed by atoms with Crippen molar-refractivity contribution in [3.63, 3.8) is 0 Å². The number of halogens is 3. The lowest BCUT2D eigenvalue weighted by atomic mass is 10.1. The standard InChI is InChI=1S/C18H14F3N3O2S/c19-18(20,21)12-8-4-5-9-13(12)23-15(25)10-14-16(26)24-17(27-14)22-11-6-2-1-3-7-11/h1-9,14H,10H2,(H,23,25)(H,22,24,26)/t14-/m0/s1. The molecule has 140 valence electrons. The molecule has 9 heteroatoms. The Morgan fingerprint density at radius 2 is 1.78 bits per heavy atom. The normalized spacial score (nSPS) is 18.4. The summed E-state index contributed by atoms with van der Waals surface area (Å²) < 4.78 is 39.0. The number of carbonyl (C=O) groups excluding carboxylic acids is 2. The minimum Gasteiger partial charge on any atom is -0.325 e. The van der Waals surface area contributed by atoms with Gasteiger partial charge in [-0.2, -0.15) is 13.2 Å². The highest BCUT2D eigenvalue weighted by Crippen LogP contribution is 2.35. The van der Waals surface area contributed by atoms with E-state index in [9.17, 15) is 22.8 Å². The number of carbonyl (C=O) groups is 2. The molecule has 0 aromatic heterocycles. The van der Waals surface area contributed by atoms with E-state index in [4.69, 9.17) is 0 Å². The maximum absolute atomic E-state index is 13.0. The number of aliphatic imine (C=N–C) groups is 1. The van der Waals surface area contributed by atoms with Gasteiger partial charge < -0.3 is 10.6 Å². The molecule has 1 aliphatic rings. The summed E-state index contributed by atoms with van der Waals surface area (Å²) in [6.45, 7) is 0. The lowest BCUT2D eigenvalue weighted by Crippen LogP contribution is -2.28. The molecular weight excluding hydrogens is 379 g/mol. The fraction of sp³-hybridized carbons (Fsp3) is 0.167. The molecule has 0 radical (unpaired) electrons. The summed E-state index contributed by atoms with van der Waals surface area (Å²) >= 11 is 1.07. The van der Waals surface area contributed by atoms with E-state index in [1.54, 1.807) is 24.3 Å². The van der Waals surface area contributed by atoms with Gasteiger partial charge in [0.2, 0.25) is 11.8 Å². The number of hydrogen-bond donors (Lipinski definition) is 2. The number of nitrogens with zero attached hydrogens (tertiary/aromatic N) is 1. The van der Waals surface area contributed by atoms with Gasteiger partial charge in [0.15, 0.2) is 5.17 Å². The molecule has 0 bridgehead atoms. The maximum Gasteiger partial charge on any atom is 0.418 e. The van der Waals surface area contributed by atoms with Crippen molar-refractivity contribution in [3.8, 4) is 0 Å². The second-order valence-corrected chi connectivity index (χ2v) is 6.84. The molecule has 27 heavy (non-hydrogen) atoms. The molecule has 2 amide bonds. The average Bonchev–Trinajstić information content (AvgIpc) is 2.94. The highest BCUT2D eigenvalue weighted by molar-refractivity contribution is 8.15. The number of benzene rings is 2. The molecule has 1 atom stereocenters. The van der Waals surface area contributed by atoms with Crippen LogP contribution in [0.25, 0.3) is 0 Å². The van der Waals surface area contributed by atoms with Crippen LogP contribution in [0.5, 0.6) is 0 Å². The van der Waals surface area contributed by atoms with E-state index in [-0.39, 0.29) is 12.1 Å². The van der Waals surface area contributed by atoms with Crippen LogP contribution in [0.15, 0.2) is 59.6 Å². The minimum absolute atomic E-state index is 0.267. The first-order chi connectivity index (χ1) is 12.8. The highest BCUT2D eigenvalue weighted by atomic mass is 32.2. The van der Waals surface area contributed by atoms with Crippen molar-refractivity contribution < 1.29 is 22.8 Å². The molecule has 1 aliphatic heterocycles. The monoisotopic (exact) mass is 393 g/mol. The zero-order chi connectivity index (χ0) is 19.4. The molecule has 2 aromatic carbocycles. The Labute approximate surface area is 157 Å². The lowest BCUT2D eigenvalue weighted by Gasteiger charge is -2.14. The maximum atomic E-state index is 13.0. The van der Waals surface area contributed by atoms with Crippen LogP contribution in [0.1, 0.15) is 12.0 Å². The number of para-hydroxylation sites is 2. The second kappa shape index (κ2) is 7.83. The summed E-state index contributed by atoms with van der Waals surface area (Å²) in [5, 5.41) is 4.40. The zero-order valence-electron chi connectivity index (χ0n) is 13.8. The van der Waals surface area contributed by atoms with E-state index in [0.717, 1.165) is 17.8 Å². The predicted molar refractivity (Wildman–Crippen MR) is 97.7 cm³/mol. The molecule has 2 aromatic rings.